The summed E-state index contributed by atoms with van der Waals surface area (Å²) < 4.78 is 0. The van der Waals surface area contributed by atoms with Crippen molar-refractivity contribution in [3.63, 3.8) is 0 Å². The summed E-state index contributed by atoms with van der Waals surface area (Å²) in [6, 6.07) is 14.6. The van der Waals surface area contributed by atoms with Crippen molar-refractivity contribution in [3.05, 3.63) is 47.5 Å². The number of nitrogens with one attached hydrogen (secondary N) is 1. The number of piperazine rings is 1. The molecule has 6 heteroatoms. The number of benzene rings is 2. The third-order valence-corrected chi connectivity index (χ3v) is 6.61. The predicted molar refractivity (Wildman–Crippen MR) is 112 cm³/mol. The standard InChI is InChI=1S/C21H24ClN3OS/c1-2-16-21(26)23-10-13-24(16)11-5-12-25-17-6-3-4-7-19(17)27-20-9-8-15(22)14-18(20)25/h3-4,6-9,14,16H,2,5,10-13H2,1H3,(H,23,26). The van der Waals surface area contributed by atoms with Crippen LogP contribution in [-0.4, -0.2) is 43.0 Å². The maximum atomic E-state index is 12.1. The van der Waals surface area contributed by atoms with Gasteiger partial charge in [0.2, 0.25) is 5.91 Å². The van der Waals surface area contributed by atoms with Gasteiger partial charge in [0.05, 0.1) is 17.4 Å². The average Bonchev–Trinajstić information content (AvgIpc) is 2.68. The van der Waals surface area contributed by atoms with E-state index in [-0.39, 0.29) is 11.9 Å². The van der Waals surface area contributed by atoms with Gasteiger partial charge in [0.25, 0.3) is 0 Å². The second-order valence-electron chi connectivity index (χ2n) is 6.94. The molecule has 1 N–H and O–H groups in total. The zero-order valence-corrected chi connectivity index (χ0v) is 17.0. The Bertz CT molecular complexity index is 844. The van der Waals surface area contributed by atoms with Crippen molar-refractivity contribution < 1.29 is 4.79 Å². The number of anilines is 2. The average molecular weight is 402 g/mol. The van der Waals surface area contributed by atoms with Crippen LogP contribution in [0.2, 0.25) is 5.02 Å². The van der Waals surface area contributed by atoms with Crippen molar-refractivity contribution >= 4 is 40.6 Å². The molecule has 0 bridgehead atoms. The van der Waals surface area contributed by atoms with E-state index in [0.717, 1.165) is 44.0 Å². The maximum absolute atomic E-state index is 12.1. The Morgan fingerprint density at radius 3 is 2.81 bits per heavy atom. The van der Waals surface area contributed by atoms with Gasteiger partial charge in [-0.25, -0.2) is 0 Å². The van der Waals surface area contributed by atoms with E-state index in [1.807, 2.05) is 6.07 Å². The fourth-order valence-corrected chi connectivity index (χ4v) is 5.19. The number of halogens is 1. The van der Waals surface area contributed by atoms with E-state index in [0.29, 0.717) is 0 Å². The lowest BCUT2D eigenvalue weighted by atomic mass is 10.1. The van der Waals surface area contributed by atoms with Crippen molar-refractivity contribution in [1.82, 2.24) is 10.2 Å². The highest BCUT2D eigenvalue weighted by Gasteiger charge is 2.28. The van der Waals surface area contributed by atoms with Crippen LogP contribution in [0.5, 0.6) is 0 Å². The lowest BCUT2D eigenvalue weighted by molar-refractivity contribution is -0.129. The monoisotopic (exact) mass is 401 g/mol. The van der Waals surface area contributed by atoms with E-state index in [2.05, 4.69) is 58.4 Å². The van der Waals surface area contributed by atoms with Crippen molar-refractivity contribution in [2.45, 2.75) is 35.6 Å². The number of hydrogen-bond acceptors (Lipinski definition) is 4. The number of rotatable bonds is 5. The first-order valence-corrected chi connectivity index (χ1v) is 10.7. The van der Waals surface area contributed by atoms with Crippen LogP contribution in [0.4, 0.5) is 11.4 Å². The quantitative estimate of drug-likeness (QED) is 0.797. The molecule has 0 spiro atoms. The summed E-state index contributed by atoms with van der Waals surface area (Å²) in [4.78, 5) is 19.3. The number of carbonyl (C=O) groups is 1. The highest BCUT2D eigenvalue weighted by molar-refractivity contribution is 7.99. The van der Waals surface area contributed by atoms with Crippen LogP contribution in [0.15, 0.2) is 52.3 Å². The zero-order chi connectivity index (χ0) is 18.8. The van der Waals surface area contributed by atoms with E-state index in [1.54, 1.807) is 11.8 Å². The van der Waals surface area contributed by atoms with Crippen molar-refractivity contribution in [2.75, 3.05) is 31.1 Å². The molecule has 27 heavy (non-hydrogen) atoms. The van der Waals surface area contributed by atoms with E-state index in [9.17, 15) is 4.79 Å². The lowest BCUT2D eigenvalue weighted by Crippen LogP contribution is -2.55. The first-order chi connectivity index (χ1) is 13.2. The summed E-state index contributed by atoms with van der Waals surface area (Å²) in [6.07, 6.45) is 1.85. The normalized spacial score (nSPS) is 19.4. The molecule has 0 radical (unpaired) electrons. The van der Waals surface area contributed by atoms with E-state index < -0.39 is 0 Å². The van der Waals surface area contributed by atoms with Crippen molar-refractivity contribution in [3.8, 4) is 0 Å². The topological polar surface area (TPSA) is 35.6 Å². The molecule has 2 aromatic rings. The molecule has 1 fully saturated rings. The molecule has 4 nitrogen and oxygen atoms in total. The smallest absolute Gasteiger partial charge is 0.237 e. The molecule has 1 amide bonds. The predicted octanol–water partition coefficient (Wildman–Crippen LogP) is 4.54. The summed E-state index contributed by atoms with van der Waals surface area (Å²) in [5.74, 6) is 0.167. The van der Waals surface area contributed by atoms with Gasteiger partial charge >= 0.3 is 0 Å². The minimum Gasteiger partial charge on any atom is -0.353 e. The van der Waals surface area contributed by atoms with Crippen LogP contribution < -0.4 is 10.2 Å². The van der Waals surface area contributed by atoms with Gasteiger partial charge in [-0.3, -0.25) is 9.69 Å². The molecule has 0 saturated carbocycles. The Labute approximate surface area is 169 Å². The van der Waals surface area contributed by atoms with Gasteiger partial charge in [0, 0.05) is 41.0 Å². The molecular weight excluding hydrogens is 378 g/mol. The van der Waals surface area contributed by atoms with E-state index in [4.69, 9.17) is 11.6 Å². The molecule has 2 aliphatic heterocycles. The second kappa shape index (κ2) is 8.13. The number of amides is 1. The number of carbonyl (C=O) groups excluding carboxylic acids is 1. The molecule has 1 unspecified atom stereocenters. The van der Waals surface area contributed by atoms with Gasteiger partial charge in [-0.05, 0) is 43.2 Å². The SMILES string of the molecule is CCC1C(=O)NCCN1CCCN1c2ccccc2Sc2ccc(Cl)cc21. The lowest BCUT2D eigenvalue weighted by Gasteiger charge is -2.36. The number of para-hydroxylation sites is 1. The Kier molecular flexibility index (Phi) is 5.62. The largest absolute Gasteiger partial charge is 0.353 e. The van der Waals surface area contributed by atoms with Crippen molar-refractivity contribution in [2.24, 2.45) is 0 Å². The van der Waals surface area contributed by atoms with Crippen LogP contribution in [-0.2, 0) is 4.79 Å². The minimum absolute atomic E-state index is 0.00433. The third-order valence-electron chi connectivity index (χ3n) is 5.24. The number of fused-ring (bicyclic) bond motifs is 2. The van der Waals surface area contributed by atoms with Gasteiger partial charge in [-0.1, -0.05) is 42.4 Å². The fraction of sp³-hybridized carbons (Fsp3) is 0.381. The Hall–Kier alpha value is -1.69. The highest BCUT2D eigenvalue weighted by atomic mass is 35.5. The summed E-state index contributed by atoms with van der Waals surface area (Å²) in [7, 11) is 0. The summed E-state index contributed by atoms with van der Waals surface area (Å²) in [5.41, 5.74) is 2.41. The molecule has 142 valence electrons. The Morgan fingerprint density at radius 1 is 1.15 bits per heavy atom. The zero-order valence-electron chi connectivity index (χ0n) is 15.5. The molecule has 1 saturated heterocycles. The molecule has 1 atom stereocenters. The van der Waals surface area contributed by atoms with Crippen LogP contribution in [0.1, 0.15) is 19.8 Å². The fourth-order valence-electron chi connectivity index (χ4n) is 3.95. The van der Waals surface area contributed by atoms with Crippen LogP contribution in [0.25, 0.3) is 0 Å². The maximum Gasteiger partial charge on any atom is 0.237 e. The molecule has 0 aromatic heterocycles. The minimum atomic E-state index is 0.00433. The van der Waals surface area contributed by atoms with Gasteiger partial charge in [-0.2, -0.15) is 0 Å². The third kappa shape index (κ3) is 3.82. The van der Waals surface area contributed by atoms with Crippen LogP contribution in [0.3, 0.4) is 0 Å². The molecule has 2 aromatic carbocycles. The molecular formula is C21H24ClN3OS. The second-order valence-corrected chi connectivity index (χ2v) is 8.46. The number of nitrogens with zero attached hydrogens (tertiary/aromatic N) is 2. The van der Waals surface area contributed by atoms with Crippen molar-refractivity contribution in [1.29, 1.82) is 0 Å². The van der Waals surface area contributed by atoms with Crippen LogP contribution >= 0.6 is 23.4 Å². The van der Waals surface area contributed by atoms with Gasteiger partial charge in [0.15, 0.2) is 0 Å². The van der Waals surface area contributed by atoms with E-state index >= 15 is 0 Å². The van der Waals surface area contributed by atoms with Gasteiger partial charge in [-0.15, -0.1) is 0 Å². The number of hydrogen-bond donors (Lipinski definition) is 1. The van der Waals surface area contributed by atoms with Gasteiger partial charge in [0.1, 0.15) is 0 Å². The first kappa shape index (κ1) is 18.7. The van der Waals surface area contributed by atoms with E-state index in [1.165, 1.54) is 21.2 Å². The summed E-state index contributed by atoms with van der Waals surface area (Å²) >= 11 is 8.09. The molecule has 2 aliphatic rings. The molecule has 0 aliphatic carbocycles. The Balaban J connectivity index is 1.52. The molecule has 4 rings (SSSR count). The highest BCUT2D eigenvalue weighted by Crippen LogP contribution is 2.48. The Morgan fingerprint density at radius 2 is 1.96 bits per heavy atom. The summed E-state index contributed by atoms with van der Waals surface area (Å²) in [6.45, 7) is 5.59. The molecule has 2 heterocycles. The van der Waals surface area contributed by atoms with Gasteiger partial charge < -0.3 is 10.2 Å². The summed E-state index contributed by atoms with van der Waals surface area (Å²) in [5, 5.41) is 3.74. The van der Waals surface area contributed by atoms with Crippen LogP contribution in [0, 0.1) is 0 Å². The first-order valence-electron chi connectivity index (χ1n) is 9.53.